The van der Waals surface area contributed by atoms with Crippen molar-refractivity contribution < 1.29 is 14.3 Å². The summed E-state index contributed by atoms with van der Waals surface area (Å²) in [4.78, 5) is 0. The second-order valence-electron chi connectivity index (χ2n) is 6.68. The number of ether oxygens (including phenoxy) is 1. The molecule has 0 fully saturated rings. The lowest BCUT2D eigenvalue weighted by atomic mass is 10.1. The van der Waals surface area contributed by atoms with Crippen LogP contribution in [0.5, 0.6) is 0 Å². The Balaban J connectivity index is 2.57. The third kappa shape index (κ3) is 4.56. The zero-order valence-electron chi connectivity index (χ0n) is 12.8. The van der Waals surface area contributed by atoms with Crippen LogP contribution in [0.15, 0.2) is 24.8 Å². The van der Waals surface area contributed by atoms with E-state index in [1.807, 2.05) is 12.2 Å². The van der Waals surface area contributed by atoms with Gasteiger partial charge in [-0.1, -0.05) is 39.0 Å². The van der Waals surface area contributed by atoms with Gasteiger partial charge in [-0.25, -0.2) is 0 Å². The SMILES string of the molecule is C=CC[C@@H]1C=C[C@@H](O)[C@@H](CO[Si](C)(C)C(C)(C)C)O1. The van der Waals surface area contributed by atoms with Crippen molar-refractivity contribution in [1.82, 2.24) is 0 Å². The van der Waals surface area contributed by atoms with Crippen molar-refractivity contribution in [1.29, 1.82) is 0 Å². The van der Waals surface area contributed by atoms with Gasteiger partial charge in [-0.05, 0) is 24.6 Å². The van der Waals surface area contributed by atoms with Crippen LogP contribution in [-0.4, -0.2) is 38.3 Å². The summed E-state index contributed by atoms with van der Waals surface area (Å²) < 4.78 is 12.0. The number of hydrogen-bond donors (Lipinski definition) is 1. The van der Waals surface area contributed by atoms with Gasteiger partial charge in [0.25, 0.3) is 0 Å². The minimum absolute atomic E-state index is 0.00826. The van der Waals surface area contributed by atoms with Crippen LogP contribution in [0.2, 0.25) is 18.1 Å². The molecule has 0 aromatic rings. The molecule has 0 unspecified atom stereocenters. The Morgan fingerprint density at radius 1 is 1.37 bits per heavy atom. The highest BCUT2D eigenvalue weighted by molar-refractivity contribution is 6.74. The van der Waals surface area contributed by atoms with Crippen LogP contribution in [0.25, 0.3) is 0 Å². The molecule has 0 aromatic carbocycles. The van der Waals surface area contributed by atoms with Crippen molar-refractivity contribution in [2.75, 3.05) is 6.61 Å². The third-order valence-electron chi connectivity index (χ3n) is 4.07. The molecule has 19 heavy (non-hydrogen) atoms. The Morgan fingerprint density at radius 3 is 2.53 bits per heavy atom. The average molecular weight is 284 g/mol. The fourth-order valence-electron chi connectivity index (χ4n) is 1.66. The van der Waals surface area contributed by atoms with Gasteiger partial charge < -0.3 is 14.3 Å². The molecule has 4 heteroatoms. The smallest absolute Gasteiger partial charge is 0.192 e. The van der Waals surface area contributed by atoms with Crippen molar-refractivity contribution in [2.45, 2.75) is 63.6 Å². The van der Waals surface area contributed by atoms with E-state index in [0.29, 0.717) is 6.61 Å². The van der Waals surface area contributed by atoms with Gasteiger partial charge in [-0.3, -0.25) is 0 Å². The largest absolute Gasteiger partial charge is 0.414 e. The average Bonchev–Trinajstić information content (AvgIpc) is 2.29. The summed E-state index contributed by atoms with van der Waals surface area (Å²) in [7, 11) is -1.79. The predicted molar refractivity (Wildman–Crippen MR) is 81.8 cm³/mol. The van der Waals surface area contributed by atoms with E-state index >= 15 is 0 Å². The molecule has 0 saturated heterocycles. The first kappa shape index (κ1) is 16.6. The molecule has 0 amide bonds. The molecule has 3 nitrogen and oxygen atoms in total. The third-order valence-corrected chi connectivity index (χ3v) is 8.57. The van der Waals surface area contributed by atoms with Crippen molar-refractivity contribution in [3.8, 4) is 0 Å². The van der Waals surface area contributed by atoms with Crippen molar-refractivity contribution in [3.63, 3.8) is 0 Å². The highest BCUT2D eigenvalue weighted by Gasteiger charge is 2.38. The molecule has 0 bridgehead atoms. The molecule has 0 aliphatic carbocycles. The van der Waals surface area contributed by atoms with Gasteiger partial charge in [0.05, 0.1) is 12.7 Å². The monoisotopic (exact) mass is 284 g/mol. The van der Waals surface area contributed by atoms with Gasteiger partial charge in [0, 0.05) is 0 Å². The lowest BCUT2D eigenvalue weighted by Gasteiger charge is -2.38. The van der Waals surface area contributed by atoms with Crippen LogP contribution in [0.1, 0.15) is 27.2 Å². The molecule has 0 aromatic heterocycles. The van der Waals surface area contributed by atoms with E-state index in [4.69, 9.17) is 9.16 Å². The fraction of sp³-hybridized carbons (Fsp3) is 0.733. The van der Waals surface area contributed by atoms with Crippen LogP contribution in [0.3, 0.4) is 0 Å². The maximum Gasteiger partial charge on any atom is 0.192 e. The maximum absolute atomic E-state index is 9.95. The van der Waals surface area contributed by atoms with Crippen molar-refractivity contribution >= 4 is 8.32 Å². The van der Waals surface area contributed by atoms with Gasteiger partial charge >= 0.3 is 0 Å². The highest BCUT2D eigenvalue weighted by atomic mass is 28.4. The maximum atomic E-state index is 9.95. The molecule has 1 rings (SSSR count). The Morgan fingerprint density at radius 2 is 2.00 bits per heavy atom. The van der Waals surface area contributed by atoms with Gasteiger partial charge in [-0.15, -0.1) is 6.58 Å². The van der Waals surface area contributed by atoms with E-state index < -0.39 is 14.4 Å². The second kappa shape index (κ2) is 6.35. The summed E-state index contributed by atoms with van der Waals surface area (Å²) >= 11 is 0. The summed E-state index contributed by atoms with van der Waals surface area (Å²) in [5, 5.41) is 10.1. The number of rotatable bonds is 5. The summed E-state index contributed by atoms with van der Waals surface area (Å²) in [6.07, 6.45) is 5.45. The van der Waals surface area contributed by atoms with E-state index in [-0.39, 0.29) is 17.2 Å². The Labute approximate surface area is 118 Å². The van der Waals surface area contributed by atoms with Crippen LogP contribution < -0.4 is 0 Å². The molecule has 110 valence electrons. The fourth-order valence-corrected chi connectivity index (χ4v) is 2.67. The van der Waals surface area contributed by atoms with Crippen LogP contribution in [0.4, 0.5) is 0 Å². The van der Waals surface area contributed by atoms with Crippen molar-refractivity contribution in [2.24, 2.45) is 0 Å². The zero-order chi connectivity index (χ0) is 14.7. The van der Waals surface area contributed by atoms with Crippen LogP contribution in [-0.2, 0) is 9.16 Å². The molecular formula is C15H28O3Si. The van der Waals surface area contributed by atoms with E-state index in [0.717, 1.165) is 6.42 Å². The lowest BCUT2D eigenvalue weighted by Crippen LogP contribution is -2.46. The van der Waals surface area contributed by atoms with Crippen molar-refractivity contribution in [3.05, 3.63) is 24.8 Å². The van der Waals surface area contributed by atoms with Crippen LogP contribution in [0, 0.1) is 0 Å². The molecule has 1 heterocycles. The molecule has 0 spiro atoms. The summed E-state index contributed by atoms with van der Waals surface area (Å²) in [5.41, 5.74) is 0. The van der Waals surface area contributed by atoms with Gasteiger partial charge in [0.15, 0.2) is 8.32 Å². The van der Waals surface area contributed by atoms with Gasteiger partial charge in [0.2, 0.25) is 0 Å². The molecule has 1 aliphatic rings. The van der Waals surface area contributed by atoms with Gasteiger partial charge in [0.1, 0.15) is 12.2 Å². The molecule has 0 radical (unpaired) electrons. The molecule has 1 N–H and O–H groups in total. The molecule has 1 aliphatic heterocycles. The Hall–Kier alpha value is -0.423. The van der Waals surface area contributed by atoms with E-state index in [1.165, 1.54) is 0 Å². The summed E-state index contributed by atoms with van der Waals surface area (Å²) in [6.45, 7) is 15.2. The van der Waals surface area contributed by atoms with E-state index in [1.54, 1.807) is 6.08 Å². The normalized spacial score (nSPS) is 28.4. The quantitative estimate of drug-likeness (QED) is 0.622. The first-order valence-corrected chi connectivity index (χ1v) is 9.85. The summed E-state index contributed by atoms with van der Waals surface area (Å²) in [6, 6.07) is 0. The number of aliphatic hydroxyl groups excluding tert-OH is 1. The second-order valence-corrected chi connectivity index (χ2v) is 11.5. The summed E-state index contributed by atoms with van der Waals surface area (Å²) in [5.74, 6) is 0. The molecule has 3 atom stereocenters. The topological polar surface area (TPSA) is 38.7 Å². The zero-order valence-corrected chi connectivity index (χ0v) is 13.8. The number of hydrogen-bond acceptors (Lipinski definition) is 3. The van der Waals surface area contributed by atoms with Crippen LogP contribution >= 0.6 is 0 Å². The standard InChI is InChI=1S/C15H28O3Si/c1-7-8-12-9-10-13(16)14(18-12)11-17-19(5,6)15(2,3)4/h7,9-10,12-14,16H,1,8,11H2,2-6H3/t12-,13-,14-/m1/s1. The molecular weight excluding hydrogens is 256 g/mol. The lowest BCUT2D eigenvalue weighted by molar-refractivity contribution is -0.0754. The van der Waals surface area contributed by atoms with E-state index in [9.17, 15) is 5.11 Å². The number of aliphatic hydroxyl groups is 1. The highest BCUT2D eigenvalue weighted by Crippen LogP contribution is 2.36. The predicted octanol–water partition coefficient (Wildman–Crippen LogP) is 3.27. The van der Waals surface area contributed by atoms with E-state index in [2.05, 4.69) is 40.4 Å². The minimum atomic E-state index is -1.79. The Kier molecular flexibility index (Phi) is 5.56. The minimum Gasteiger partial charge on any atom is -0.414 e. The first-order chi connectivity index (χ1) is 8.67. The van der Waals surface area contributed by atoms with Gasteiger partial charge in [-0.2, -0.15) is 0 Å². The molecule has 0 saturated carbocycles. The first-order valence-electron chi connectivity index (χ1n) is 6.94. The Bertz CT molecular complexity index is 331.